The van der Waals surface area contributed by atoms with Crippen molar-refractivity contribution in [1.82, 2.24) is 4.98 Å². The smallest absolute Gasteiger partial charge is 0.123 e. The minimum atomic E-state index is 0.0672. The van der Waals surface area contributed by atoms with E-state index >= 15 is 0 Å². The summed E-state index contributed by atoms with van der Waals surface area (Å²) in [6, 6.07) is 5.82. The lowest BCUT2D eigenvalue weighted by Gasteiger charge is -2.14. The third-order valence-corrected chi connectivity index (χ3v) is 3.76. The molecule has 0 atom stereocenters. The molecule has 2 aromatic rings. The van der Waals surface area contributed by atoms with Crippen LogP contribution in [0.5, 0.6) is 11.5 Å². The number of ether oxygens (including phenoxy) is 2. The first-order valence-electron chi connectivity index (χ1n) is 6.13. The zero-order valence-electron chi connectivity index (χ0n) is 12.0. The third-order valence-electron chi connectivity index (χ3n) is 2.87. The lowest BCUT2D eigenvalue weighted by atomic mass is 9.93. The van der Waals surface area contributed by atoms with Gasteiger partial charge in [0.15, 0.2) is 0 Å². The van der Waals surface area contributed by atoms with Crippen molar-refractivity contribution in [2.75, 3.05) is 14.2 Å². The molecule has 0 spiro atoms. The van der Waals surface area contributed by atoms with E-state index < -0.39 is 0 Å². The number of aromatic nitrogens is 1. The van der Waals surface area contributed by atoms with Gasteiger partial charge in [0.05, 0.1) is 19.9 Å². The molecule has 1 aromatic heterocycles. The number of methoxy groups -OCH3 is 2. The maximum Gasteiger partial charge on any atom is 0.123 e. The van der Waals surface area contributed by atoms with Crippen molar-refractivity contribution in [1.29, 1.82) is 0 Å². The molecule has 0 fully saturated rings. The Kier molecular flexibility index (Phi) is 3.80. The van der Waals surface area contributed by atoms with Gasteiger partial charge in [-0.15, -0.1) is 11.3 Å². The summed E-state index contributed by atoms with van der Waals surface area (Å²) < 4.78 is 10.6. The standard InChI is InChI=1S/C15H19NO2S/c1-15(2,3)13-9-19-14(16-13)10-6-11(17-4)8-12(7-10)18-5/h6-9H,1-5H3. The van der Waals surface area contributed by atoms with Crippen molar-refractivity contribution >= 4 is 11.3 Å². The molecule has 0 unspecified atom stereocenters. The van der Waals surface area contributed by atoms with Crippen LogP contribution in [0.1, 0.15) is 26.5 Å². The molecule has 0 bridgehead atoms. The third kappa shape index (κ3) is 3.07. The van der Waals surface area contributed by atoms with E-state index in [4.69, 9.17) is 14.5 Å². The fourth-order valence-electron chi connectivity index (χ4n) is 1.68. The number of nitrogens with zero attached hydrogens (tertiary/aromatic N) is 1. The van der Waals surface area contributed by atoms with Gasteiger partial charge in [0.25, 0.3) is 0 Å². The molecule has 0 saturated heterocycles. The molecule has 0 aliphatic carbocycles. The first kappa shape index (κ1) is 13.9. The van der Waals surface area contributed by atoms with Gasteiger partial charge in [-0.3, -0.25) is 0 Å². The number of hydrogen-bond donors (Lipinski definition) is 0. The summed E-state index contributed by atoms with van der Waals surface area (Å²) in [4.78, 5) is 4.71. The maximum absolute atomic E-state index is 5.29. The van der Waals surface area contributed by atoms with Gasteiger partial charge in [0, 0.05) is 22.4 Å². The zero-order chi connectivity index (χ0) is 14.0. The highest BCUT2D eigenvalue weighted by Gasteiger charge is 2.18. The normalized spacial score (nSPS) is 11.4. The molecule has 19 heavy (non-hydrogen) atoms. The predicted molar refractivity (Wildman–Crippen MR) is 79.4 cm³/mol. The molecule has 0 amide bonds. The van der Waals surface area contributed by atoms with Crippen LogP contribution in [0.3, 0.4) is 0 Å². The number of hydrogen-bond acceptors (Lipinski definition) is 4. The van der Waals surface area contributed by atoms with E-state index in [1.165, 1.54) is 0 Å². The summed E-state index contributed by atoms with van der Waals surface area (Å²) in [5.41, 5.74) is 2.20. The molecular formula is C15H19NO2S. The fraction of sp³-hybridized carbons (Fsp3) is 0.400. The Morgan fingerprint density at radius 3 is 2.00 bits per heavy atom. The van der Waals surface area contributed by atoms with Gasteiger partial charge in [-0.25, -0.2) is 4.98 Å². The van der Waals surface area contributed by atoms with Gasteiger partial charge < -0.3 is 9.47 Å². The zero-order valence-corrected chi connectivity index (χ0v) is 12.8. The van der Waals surface area contributed by atoms with Crippen LogP contribution in [0, 0.1) is 0 Å². The van der Waals surface area contributed by atoms with Crippen LogP contribution in [-0.2, 0) is 5.41 Å². The Bertz CT molecular complexity index is 548. The first-order valence-corrected chi connectivity index (χ1v) is 7.01. The van der Waals surface area contributed by atoms with Crippen LogP contribution in [0.2, 0.25) is 0 Å². The fourth-order valence-corrected chi connectivity index (χ4v) is 2.72. The van der Waals surface area contributed by atoms with E-state index in [1.807, 2.05) is 18.2 Å². The molecule has 102 valence electrons. The van der Waals surface area contributed by atoms with Crippen LogP contribution < -0.4 is 9.47 Å². The molecule has 0 aliphatic rings. The van der Waals surface area contributed by atoms with Gasteiger partial charge in [-0.05, 0) is 12.1 Å². The second-order valence-electron chi connectivity index (χ2n) is 5.39. The Morgan fingerprint density at radius 2 is 1.58 bits per heavy atom. The molecule has 0 radical (unpaired) electrons. The molecule has 3 nitrogen and oxygen atoms in total. The van der Waals surface area contributed by atoms with E-state index in [2.05, 4.69) is 26.2 Å². The van der Waals surface area contributed by atoms with E-state index in [0.29, 0.717) is 0 Å². The summed E-state index contributed by atoms with van der Waals surface area (Å²) in [5, 5.41) is 3.10. The lowest BCUT2D eigenvalue weighted by molar-refractivity contribution is 0.394. The Hall–Kier alpha value is -1.55. The average Bonchev–Trinajstić information content (AvgIpc) is 2.87. The van der Waals surface area contributed by atoms with Crippen molar-refractivity contribution in [3.63, 3.8) is 0 Å². The largest absolute Gasteiger partial charge is 0.497 e. The Balaban J connectivity index is 2.43. The van der Waals surface area contributed by atoms with Crippen LogP contribution in [0.15, 0.2) is 23.6 Å². The van der Waals surface area contributed by atoms with Gasteiger partial charge in [0.1, 0.15) is 16.5 Å². The van der Waals surface area contributed by atoms with Gasteiger partial charge in [-0.1, -0.05) is 20.8 Å². The molecule has 1 aromatic carbocycles. The molecule has 2 rings (SSSR count). The van der Waals surface area contributed by atoms with Crippen LogP contribution >= 0.6 is 11.3 Å². The van der Waals surface area contributed by atoms with E-state index in [0.717, 1.165) is 27.8 Å². The highest BCUT2D eigenvalue weighted by atomic mass is 32.1. The SMILES string of the molecule is COc1cc(OC)cc(-c2nc(C(C)(C)C)cs2)c1. The molecule has 4 heteroatoms. The molecule has 1 heterocycles. The van der Waals surface area contributed by atoms with E-state index in [1.54, 1.807) is 25.6 Å². The molecule has 0 aliphatic heterocycles. The quantitative estimate of drug-likeness (QED) is 0.845. The second kappa shape index (κ2) is 5.21. The Morgan fingerprint density at radius 1 is 1.00 bits per heavy atom. The minimum Gasteiger partial charge on any atom is -0.497 e. The molecule has 0 saturated carbocycles. The Labute approximate surface area is 118 Å². The van der Waals surface area contributed by atoms with Crippen molar-refractivity contribution in [3.8, 4) is 22.1 Å². The molecule has 0 N–H and O–H groups in total. The van der Waals surface area contributed by atoms with Crippen molar-refractivity contribution < 1.29 is 9.47 Å². The van der Waals surface area contributed by atoms with Gasteiger partial charge in [0.2, 0.25) is 0 Å². The first-order chi connectivity index (χ1) is 8.94. The average molecular weight is 277 g/mol. The lowest BCUT2D eigenvalue weighted by Crippen LogP contribution is -2.11. The number of thiazole rings is 1. The van der Waals surface area contributed by atoms with Crippen LogP contribution in [0.4, 0.5) is 0 Å². The summed E-state index contributed by atoms with van der Waals surface area (Å²) in [7, 11) is 3.31. The second-order valence-corrected chi connectivity index (χ2v) is 6.25. The number of benzene rings is 1. The van der Waals surface area contributed by atoms with Crippen molar-refractivity contribution in [2.24, 2.45) is 0 Å². The maximum atomic E-state index is 5.29. The predicted octanol–water partition coefficient (Wildman–Crippen LogP) is 4.12. The monoisotopic (exact) mass is 277 g/mol. The van der Waals surface area contributed by atoms with Gasteiger partial charge in [-0.2, -0.15) is 0 Å². The van der Waals surface area contributed by atoms with Crippen molar-refractivity contribution in [2.45, 2.75) is 26.2 Å². The van der Waals surface area contributed by atoms with Crippen LogP contribution in [-0.4, -0.2) is 19.2 Å². The topological polar surface area (TPSA) is 31.4 Å². The highest BCUT2D eigenvalue weighted by Crippen LogP contribution is 2.33. The van der Waals surface area contributed by atoms with Crippen LogP contribution in [0.25, 0.3) is 10.6 Å². The minimum absolute atomic E-state index is 0.0672. The van der Waals surface area contributed by atoms with Gasteiger partial charge >= 0.3 is 0 Å². The summed E-state index contributed by atoms with van der Waals surface area (Å²) in [6.07, 6.45) is 0. The van der Waals surface area contributed by atoms with E-state index in [9.17, 15) is 0 Å². The van der Waals surface area contributed by atoms with E-state index in [-0.39, 0.29) is 5.41 Å². The molecular weight excluding hydrogens is 258 g/mol. The van der Waals surface area contributed by atoms with Crippen molar-refractivity contribution in [3.05, 3.63) is 29.3 Å². The summed E-state index contributed by atoms with van der Waals surface area (Å²) >= 11 is 1.65. The highest BCUT2D eigenvalue weighted by molar-refractivity contribution is 7.13. The summed E-state index contributed by atoms with van der Waals surface area (Å²) in [6.45, 7) is 6.49. The summed E-state index contributed by atoms with van der Waals surface area (Å²) in [5.74, 6) is 1.56. The number of rotatable bonds is 3.